The number of aromatic nitrogens is 2. The Hall–Kier alpha value is -1.77. The number of sulfonamides is 1. The van der Waals surface area contributed by atoms with Crippen molar-refractivity contribution in [2.24, 2.45) is 7.05 Å². The van der Waals surface area contributed by atoms with Gasteiger partial charge < -0.3 is 0 Å². The summed E-state index contributed by atoms with van der Waals surface area (Å²) in [7, 11) is -1.81. The standard InChI is InChI=1S/C15H19FN4O2S/c1-18-12-14(10-17-18)23(21,22)20-8-6-19(7-9-20)11-13-4-2-3-5-15(13)16/h2-5,10,12H,6-9,11H2,1H3. The fourth-order valence-electron chi connectivity index (χ4n) is 2.68. The maximum Gasteiger partial charge on any atom is 0.246 e. The van der Waals surface area contributed by atoms with E-state index in [1.54, 1.807) is 19.2 Å². The van der Waals surface area contributed by atoms with Crippen molar-refractivity contribution < 1.29 is 12.8 Å². The molecule has 8 heteroatoms. The molecular formula is C15H19FN4O2S. The fraction of sp³-hybridized carbons (Fsp3) is 0.400. The van der Waals surface area contributed by atoms with Crippen molar-refractivity contribution in [3.63, 3.8) is 0 Å². The lowest BCUT2D eigenvalue weighted by Crippen LogP contribution is -2.48. The van der Waals surface area contributed by atoms with Crippen molar-refractivity contribution in [2.45, 2.75) is 11.4 Å². The van der Waals surface area contributed by atoms with Gasteiger partial charge in [0.1, 0.15) is 10.7 Å². The maximum atomic E-state index is 13.7. The first-order valence-electron chi connectivity index (χ1n) is 7.41. The predicted molar refractivity (Wildman–Crippen MR) is 83.6 cm³/mol. The van der Waals surface area contributed by atoms with E-state index in [0.717, 1.165) is 0 Å². The number of piperazine rings is 1. The first kappa shape index (κ1) is 16.1. The molecule has 1 fully saturated rings. The second-order valence-electron chi connectivity index (χ2n) is 5.62. The summed E-state index contributed by atoms with van der Waals surface area (Å²) in [6.45, 7) is 2.44. The van der Waals surface area contributed by atoms with Crippen LogP contribution in [0.3, 0.4) is 0 Å². The Bertz CT molecular complexity index is 782. The molecule has 6 nitrogen and oxygen atoms in total. The molecule has 0 spiro atoms. The first-order chi connectivity index (χ1) is 11.0. The molecule has 0 amide bonds. The Morgan fingerprint density at radius 3 is 2.48 bits per heavy atom. The van der Waals surface area contributed by atoms with Gasteiger partial charge in [0.25, 0.3) is 0 Å². The van der Waals surface area contributed by atoms with Gasteiger partial charge in [-0.15, -0.1) is 0 Å². The number of hydrogen-bond acceptors (Lipinski definition) is 4. The lowest BCUT2D eigenvalue weighted by Gasteiger charge is -2.33. The molecule has 2 aromatic rings. The van der Waals surface area contributed by atoms with Gasteiger partial charge in [-0.3, -0.25) is 9.58 Å². The average molecular weight is 338 g/mol. The van der Waals surface area contributed by atoms with Gasteiger partial charge >= 0.3 is 0 Å². The summed E-state index contributed by atoms with van der Waals surface area (Å²) in [5.74, 6) is -0.224. The minimum atomic E-state index is -3.50. The molecule has 1 aliphatic rings. The van der Waals surface area contributed by atoms with E-state index in [2.05, 4.69) is 10.00 Å². The quantitative estimate of drug-likeness (QED) is 0.837. The van der Waals surface area contributed by atoms with Crippen LogP contribution in [0, 0.1) is 5.82 Å². The fourth-order valence-corrected chi connectivity index (χ4v) is 4.08. The zero-order chi connectivity index (χ0) is 16.4. The van der Waals surface area contributed by atoms with Crippen LogP contribution < -0.4 is 0 Å². The van der Waals surface area contributed by atoms with E-state index in [4.69, 9.17) is 0 Å². The molecule has 1 aliphatic heterocycles. The van der Waals surface area contributed by atoms with Crippen molar-refractivity contribution >= 4 is 10.0 Å². The second kappa shape index (κ2) is 6.38. The highest BCUT2D eigenvalue weighted by molar-refractivity contribution is 7.89. The molecular weight excluding hydrogens is 319 g/mol. The summed E-state index contributed by atoms with van der Waals surface area (Å²) in [6, 6.07) is 6.67. The zero-order valence-electron chi connectivity index (χ0n) is 12.9. The van der Waals surface area contributed by atoms with Crippen molar-refractivity contribution in [3.8, 4) is 0 Å². The van der Waals surface area contributed by atoms with Crippen LogP contribution in [0.1, 0.15) is 5.56 Å². The summed E-state index contributed by atoms with van der Waals surface area (Å²) in [5.41, 5.74) is 0.635. The van der Waals surface area contributed by atoms with E-state index < -0.39 is 10.0 Å². The summed E-state index contributed by atoms with van der Waals surface area (Å²) in [6.07, 6.45) is 2.86. The van der Waals surface area contributed by atoms with Gasteiger partial charge in [0.15, 0.2) is 0 Å². The van der Waals surface area contributed by atoms with Gasteiger partial charge in [0.2, 0.25) is 10.0 Å². The van der Waals surface area contributed by atoms with E-state index in [0.29, 0.717) is 38.3 Å². The van der Waals surface area contributed by atoms with Gasteiger partial charge in [0, 0.05) is 51.5 Å². The van der Waals surface area contributed by atoms with Gasteiger partial charge in [-0.1, -0.05) is 18.2 Å². The lowest BCUT2D eigenvalue weighted by atomic mass is 10.2. The highest BCUT2D eigenvalue weighted by atomic mass is 32.2. The topological polar surface area (TPSA) is 58.4 Å². The zero-order valence-corrected chi connectivity index (χ0v) is 13.7. The van der Waals surface area contributed by atoms with Crippen LogP contribution in [0.4, 0.5) is 4.39 Å². The highest BCUT2D eigenvalue weighted by Crippen LogP contribution is 2.18. The van der Waals surface area contributed by atoms with Crippen LogP contribution in [0.15, 0.2) is 41.6 Å². The van der Waals surface area contributed by atoms with Gasteiger partial charge in [-0.05, 0) is 6.07 Å². The first-order valence-corrected chi connectivity index (χ1v) is 8.85. The molecule has 0 aliphatic carbocycles. The molecule has 0 saturated carbocycles. The van der Waals surface area contributed by atoms with E-state index in [-0.39, 0.29) is 10.7 Å². The molecule has 1 saturated heterocycles. The van der Waals surface area contributed by atoms with Crippen LogP contribution in [-0.2, 0) is 23.6 Å². The van der Waals surface area contributed by atoms with E-state index in [1.807, 2.05) is 6.07 Å². The second-order valence-corrected chi connectivity index (χ2v) is 7.56. The number of aryl methyl sites for hydroxylation is 1. The number of nitrogens with zero attached hydrogens (tertiary/aromatic N) is 4. The van der Waals surface area contributed by atoms with Crippen LogP contribution in [-0.4, -0.2) is 53.6 Å². The van der Waals surface area contributed by atoms with E-state index in [9.17, 15) is 12.8 Å². The van der Waals surface area contributed by atoms with Crippen molar-refractivity contribution in [3.05, 3.63) is 48.0 Å². The largest absolute Gasteiger partial charge is 0.296 e. The van der Waals surface area contributed by atoms with Gasteiger partial charge in [0.05, 0.1) is 6.20 Å². The monoisotopic (exact) mass is 338 g/mol. The summed E-state index contributed by atoms with van der Waals surface area (Å²) in [5, 5.41) is 3.92. The molecule has 2 heterocycles. The minimum absolute atomic E-state index is 0.211. The van der Waals surface area contributed by atoms with Crippen LogP contribution >= 0.6 is 0 Å². The van der Waals surface area contributed by atoms with Gasteiger partial charge in [-0.2, -0.15) is 9.40 Å². The minimum Gasteiger partial charge on any atom is -0.296 e. The SMILES string of the molecule is Cn1cc(S(=O)(=O)N2CCN(Cc3ccccc3F)CC2)cn1. The van der Waals surface area contributed by atoms with E-state index >= 15 is 0 Å². The lowest BCUT2D eigenvalue weighted by molar-refractivity contribution is 0.180. The Morgan fingerprint density at radius 1 is 1.17 bits per heavy atom. The van der Waals surface area contributed by atoms with Crippen molar-refractivity contribution in [1.29, 1.82) is 0 Å². The molecule has 1 aromatic carbocycles. The van der Waals surface area contributed by atoms with Crippen molar-refractivity contribution in [2.75, 3.05) is 26.2 Å². The molecule has 0 bridgehead atoms. The Labute approximate surface area is 135 Å². The summed E-state index contributed by atoms with van der Waals surface area (Å²) >= 11 is 0. The Morgan fingerprint density at radius 2 is 1.87 bits per heavy atom. The molecule has 1 aromatic heterocycles. The van der Waals surface area contributed by atoms with Crippen LogP contribution in [0.2, 0.25) is 0 Å². The number of hydrogen-bond donors (Lipinski definition) is 0. The number of benzene rings is 1. The summed E-state index contributed by atoms with van der Waals surface area (Å²) in [4.78, 5) is 2.27. The third-order valence-corrected chi connectivity index (χ3v) is 5.85. The van der Waals surface area contributed by atoms with Crippen molar-refractivity contribution in [1.82, 2.24) is 19.0 Å². The number of rotatable bonds is 4. The molecule has 124 valence electrons. The predicted octanol–water partition coefficient (Wildman–Crippen LogP) is 1.07. The molecule has 3 rings (SSSR count). The molecule has 0 unspecified atom stereocenters. The average Bonchev–Trinajstić information content (AvgIpc) is 2.98. The molecule has 0 radical (unpaired) electrons. The molecule has 0 atom stereocenters. The Balaban J connectivity index is 1.63. The number of halogens is 1. The normalized spacial score (nSPS) is 17.5. The molecule has 0 N–H and O–H groups in total. The van der Waals surface area contributed by atoms with Crippen LogP contribution in [0.25, 0.3) is 0 Å². The third kappa shape index (κ3) is 3.44. The third-order valence-electron chi connectivity index (χ3n) is 4.00. The highest BCUT2D eigenvalue weighted by Gasteiger charge is 2.29. The summed E-state index contributed by atoms with van der Waals surface area (Å²) < 4.78 is 41.7. The molecule has 23 heavy (non-hydrogen) atoms. The van der Waals surface area contributed by atoms with Crippen LogP contribution in [0.5, 0.6) is 0 Å². The Kier molecular flexibility index (Phi) is 4.47. The van der Waals surface area contributed by atoms with Gasteiger partial charge in [-0.25, -0.2) is 12.8 Å². The van der Waals surface area contributed by atoms with E-state index in [1.165, 1.54) is 27.4 Å². The smallest absolute Gasteiger partial charge is 0.246 e. The maximum absolute atomic E-state index is 13.7.